The molecule has 0 N–H and O–H groups in total. The number of rotatable bonds is 17. The van der Waals surface area contributed by atoms with Gasteiger partial charge in [-0.15, -0.1) is 0 Å². The summed E-state index contributed by atoms with van der Waals surface area (Å²) >= 11 is 0. The van der Waals surface area contributed by atoms with Crippen LogP contribution >= 0.6 is 0 Å². The van der Waals surface area contributed by atoms with Crippen molar-refractivity contribution >= 4 is 17.6 Å². The van der Waals surface area contributed by atoms with Gasteiger partial charge in [0.15, 0.2) is 11.6 Å². The first-order valence-electron chi connectivity index (χ1n) is 13.3. The molecule has 0 saturated heterocycles. The third-order valence-electron chi connectivity index (χ3n) is 6.51. The third-order valence-corrected chi connectivity index (χ3v) is 6.51. The Morgan fingerprint density at radius 1 is 1.03 bits per heavy atom. The number of carbonyl (C=O) groups excluding carboxylic acids is 2. The van der Waals surface area contributed by atoms with E-state index >= 15 is 0 Å². The first kappa shape index (κ1) is 30.5. The molecular weight excluding hydrogens is 430 g/mol. The van der Waals surface area contributed by atoms with Crippen molar-refractivity contribution in [3.8, 4) is 0 Å². The molecular formula is C32H47NO2. The summed E-state index contributed by atoms with van der Waals surface area (Å²) in [6.07, 6.45) is 15.9. The molecule has 1 aromatic rings. The maximum Gasteiger partial charge on any atom is 0.170 e. The Bertz CT molecular complexity index is 933. The normalized spacial score (nSPS) is 12.5. The molecule has 0 radical (unpaired) electrons. The summed E-state index contributed by atoms with van der Waals surface area (Å²) in [5.74, 6) is -0.337. The van der Waals surface area contributed by atoms with Gasteiger partial charge < -0.3 is 4.90 Å². The van der Waals surface area contributed by atoms with Crippen LogP contribution in [0, 0.1) is 6.92 Å². The fourth-order valence-electron chi connectivity index (χ4n) is 4.20. The molecule has 0 saturated carbocycles. The van der Waals surface area contributed by atoms with E-state index in [2.05, 4.69) is 38.4 Å². The van der Waals surface area contributed by atoms with Crippen molar-refractivity contribution in [1.29, 1.82) is 0 Å². The molecule has 0 aliphatic heterocycles. The van der Waals surface area contributed by atoms with Gasteiger partial charge in [0.25, 0.3) is 0 Å². The van der Waals surface area contributed by atoms with Gasteiger partial charge in [-0.3, -0.25) is 9.59 Å². The number of Topliss-reactive ketones (excluding diaryl/α,β-unsaturated/α-hetero) is 2. The lowest BCUT2D eigenvalue weighted by Gasteiger charge is -2.14. The van der Waals surface area contributed by atoms with E-state index in [0.29, 0.717) is 0 Å². The van der Waals surface area contributed by atoms with Crippen LogP contribution in [0.3, 0.4) is 0 Å². The molecule has 0 spiro atoms. The molecule has 3 nitrogen and oxygen atoms in total. The Kier molecular flexibility index (Phi) is 14.8. The number of carbonyl (C=O) groups is 2. The summed E-state index contributed by atoms with van der Waals surface area (Å²) in [7, 11) is 2.19. The van der Waals surface area contributed by atoms with Gasteiger partial charge >= 0.3 is 0 Å². The smallest absolute Gasteiger partial charge is 0.170 e. The van der Waals surface area contributed by atoms with Crippen LogP contribution < -0.4 is 0 Å². The zero-order chi connectivity index (χ0) is 26.2. The average Bonchev–Trinajstić information content (AvgIpc) is 2.82. The topological polar surface area (TPSA) is 37.4 Å². The highest BCUT2D eigenvalue weighted by molar-refractivity contribution is 6.23. The number of hydrogen-bond acceptors (Lipinski definition) is 3. The van der Waals surface area contributed by atoms with Crippen LogP contribution in [0.4, 0.5) is 0 Å². The highest BCUT2D eigenvalue weighted by atomic mass is 16.1. The Morgan fingerprint density at radius 2 is 1.74 bits per heavy atom. The SMILES string of the molecule is C=C(/C=C\C(=C/C)CC(=O)/C(=C/c1cccc(CC)c1C)C(C)=O)CCCCCCN(C)CCC. The van der Waals surface area contributed by atoms with Crippen molar-refractivity contribution in [2.75, 3.05) is 20.1 Å². The number of benzene rings is 1. The second-order valence-electron chi connectivity index (χ2n) is 9.52. The lowest BCUT2D eigenvalue weighted by atomic mass is 9.94. The van der Waals surface area contributed by atoms with E-state index in [1.54, 1.807) is 6.08 Å². The minimum atomic E-state index is -0.193. The van der Waals surface area contributed by atoms with E-state index in [1.165, 1.54) is 51.3 Å². The van der Waals surface area contributed by atoms with Crippen LogP contribution in [0.2, 0.25) is 0 Å². The molecule has 1 rings (SSSR count). The third kappa shape index (κ3) is 11.6. The summed E-state index contributed by atoms with van der Waals surface area (Å²) in [5.41, 5.74) is 5.53. The van der Waals surface area contributed by atoms with Gasteiger partial charge in [-0.25, -0.2) is 0 Å². The van der Waals surface area contributed by atoms with Crippen LogP contribution in [0.15, 0.2) is 59.7 Å². The summed E-state index contributed by atoms with van der Waals surface area (Å²) in [6, 6.07) is 6.04. The van der Waals surface area contributed by atoms with E-state index in [0.717, 1.165) is 41.5 Å². The van der Waals surface area contributed by atoms with Crippen molar-refractivity contribution in [3.63, 3.8) is 0 Å². The number of ketones is 2. The summed E-state index contributed by atoms with van der Waals surface area (Å²) < 4.78 is 0. The first-order chi connectivity index (χ1) is 16.7. The molecule has 0 aliphatic rings. The zero-order valence-electron chi connectivity index (χ0n) is 23.1. The molecule has 0 unspecified atom stereocenters. The molecule has 0 amide bonds. The van der Waals surface area contributed by atoms with Crippen LogP contribution in [0.25, 0.3) is 6.08 Å². The minimum Gasteiger partial charge on any atom is -0.306 e. The lowest BCUT2D eigenvalue weighted by Crippen LogP contribution is -2.20. The van der Waals surface area contributed by atoms with E-state index in [-0.39, 0.29) is 23.6 Å². The van der Waals surface area contributed by atoms with E-state index in [1.807, 2.05) is 44.2 Å². The van der Waals surface area contributed by atoms with Gasteiger partial charge in [0.2, 0.25) is 0 Å². The number of aryl methyl sites for hydroxylation is 1. The van der Waals surface area contributed by atoms with Gasteiger partial charge in [0.1, 0.15) is 0 Å². The van der Waals surface area contributed by atoms with Crippen molar-refractivity contribution in [2.45, 2.75) is 86.0 Å². The molecule has 0 aliphatic carbocycles. The van der Waals surface area contributed by atoms with E-state index < -0.39 is 0 Å². The average molecular weight is 478 g/mol. The number of unbranched alkanes of at least 4 members (excludes halogenated alkanes) is 3. The minimum absolute atomic E-state index is 0.143. The fraction of sp³-hybridized carbons (Fsp3) is 0.500. The number of allylic oxidation sites excluding steroid dienone is 6. The van der Waals surface area contributed by atoms with Crippen LogP contribution in [-0.4, -0.2) is 36.6 Å². The van der Waals surface area contributed by atoms with Crippen molar-refractivity contribution in [3.05, 3.63) is 76.4 Å². The van der Waals surface area contributed by atoms with Crippen molar-refractivity contribution < 1.29 is 9.59 Å². The standard InChI is InChI=1S/C32H47NO2/c1-8-21-33(7)22-14-12-11-13-16-25(4)19-20-28(9-2)23-32(35)31(27(6)34)24-30-18-15-17-29(10-3)26(30)5/h9,15,17-20,24H,4,8,10-14,16,21-23H2,1-3,5-7H3/b20-19-,28-9+,31-24+. The molecule has 1 aromatic carbocycles. The van der Waals surface area contributed by atoms with Crippen molar-refractivity contribution in [2.24, 2.45) is 0 Å². The molecule has 0 fully saturated rings. The molecule has 3 heteroatoms. The summed E-state index contributed by atoms with van der Waals surface area (Å²) in [6.45, 7) is 16.3. The van der Waals surface area contributed by atoms with Crippen LogP contribution in [0.1, 0.15) is 89.3 Å². The number of hydrogen-bond donors (Lipinski definition) is 0. The molecule has 0 aromatic heterocycles. The second-order valence-corrected chi connectivity index (χ2v) is 9.52. The van der Waals surface area contributed by atoms with Crippen LogP contribution in [-0.2, 0) is 16.0 Å². The van der Waals surface area contributed by atoms with Gasteiger partial charge in [-0.1, -0.05) is 75.3 Å². The van der Waals surface area contributed by atoms with Crippen molar-refractivity contribution in [1.82, 2.24) is 4.90 Å². The number of nitrogens with zero attached hydrogens (tertiary/aromatic N) is 1. The maximum absolute atomic E-state index is 13.0. The Hall–Kier alpha value is -2.52. The van der Waals surface area contributed by atoms with Gasteiger partial charge in [-0.05, 0) is 101 Å². The summed E-state index contributed by atoms with van der Waals surface area (Å²) in [5, 5.41) is 0. The van der Waals surface area contributed by atoms with E-state index in [4.69, 9.17) is 0 Å². The van der Waals surface area contributed by atoms with Gasteiger partial charge in [0.05, 0.1) is 5.57 Å². The molecule has 0 heterocycles. The molecule has 192 valence electrons. The van der Waals surface area contributed by atoms with E-state index in [9.17, 15) is 9.59 Å². The first-order valence-corrected chi connectivity index (χ1v) is 13.3. The molecule has 35 heavy (non-hydrogen) atoms. The second kappa shape index (κ2) is 17.0. The van der Waals surface area contributed by atoms with Gasteiger partial charge in [-0.2, -0.15) is 0 Å². The van der Waals surface area contributed by atoms with Crippen LogP contribution in [0.5, 0.6) is 0 Å². The zero-order valence-corrected chi connectivity index (χ0v) is 23.1. The van der Waals surface area contributed by atoms with Gasteiger partial charge in [0, 0.05) is 6.42 Å². The highest BCUT2D eigenvalue weighted by Gasteiger charge is 2.16. The predicted molar refractivity (Wildman–Crippen MR) is 152 cm³/mol. The quantitative estimate of drug-likeness (QED) is 0.0754. The molecule has 0 atom stereocenters. The highest BCUT2D eigenvalue weighted by Crippen LogP contribution is 2.20. The lowest BCUT2D eigenvalue weighted by molar-refractivity contribution is -0.119. The Labute approximate surface area is 214 Å². The monoisotopic (exact) mass is 477 g/mol. The Balaban J connectivity index is 2.65. The largest absolute Gasteiger partial charge is 0.306 e. The molecule has 0 bridgehead atoms. The predicted octanol–water partition coefficient (Wildman–Crippen LogP) is 7.84. The summed E-state index contributed by atoms with van der Waals surface area (Å²) in [4.78, 5) is 27.8. The maximum atomic E-state index is 13.0. The Morgan fingerprint density at radius 3 is 2.37 bits per heavy atom. The fourth-order valence-corrected chi connectivity index (χ4v) is 4.20.